The van der Waals surface area contributed by atoms with E-state index < -0.39 is 20.8 Å². The zero-order valence-electron chi connectivity index (χ0n) is 12.9. The van der Waals surface area contributed by atoms with Gasteiger partial charge in [-0.2, -0.15) is 16.8 Å². The topological polar surface area (TPSA) is 179 Å². The number of rotatable bonds is 6. The lowest BCUT2D eigenvalue weighted by molar-refractivity contribution is 0.384. The summed E-state index contributed by atoms with van der Waals surface area (Å²) in [7, 11) is -9.56. The summed E-state index contributed by atoms with van der Waals surface area (Å²) >= 11 is 0. The lowest BCUT2D eigenvalue weighted by atomic mass is 10.1. The van der Waals surface area contributed by atoms with Crippen molar-refractivity contribution in [2.45, 2.75) is 0 Å². The van der Waals surface area contributed by atoms with Crippen molar-refractivity contribution < 1.29 is 34.3 Å². The van der Waals surface area contributed by atoms with Crippen molar-refractivity contribution in [2.24, 2.45) is 0 Å². The Morgan fingerprint density at radius 2 is 1.08 bits per heavy atom. The summed E-state index contributed by atoms with van der Waals surface area (Å²) in [5.41, 5.74) is 11.9. The first kappa shape index (κ1) is 19.5. The molecule has 140 valence electrons. The fourth-order valence-corrected chi connectivity index (χ4v) is 2.67. The van der Waals surface area contributed by atoms with E-state index in [1.54, 1.807) is 0 Å². The van der Waals surface area contributed by atoms with Gasteiger partial charge in [0.15, 0.2) is 11.5 Å². The van der Waals surface area contributed by atoms with Crippen LogP contribution >= 0.6 is 0 Å². The maximum atomic E-state index is 10.9. The number of hydrogen-bond donors (Lipinski definition) is 4. The van der Waals surface area contributed by atoms with Crippen LogP contribution in [0.5, 0.6) is 11.5 Å². The third-order valence-electron chi connectivity index (χ3n) is 2.91. The average Bonchev–Trinajstić information content (AvgIpc) is 2.44. The highest BCUT2D eigenvalue weighted by Gasteiger charge is 2.13. The fraction of sp³-hybridized carbons (Fsp3) is 0. The van der Waals surface area contributed by atoms with E-state index in [0.29, 0.717) is 0 Å². The molecule has 0 heterocycles. The summed E-state index contributed by atoms with van der Waals surface area (Å²) in [5, 5.41) is 0. The Balaban J connectivity index is 2.45. The highest BCUT2D eigenvalue weighted by atomic mass is 32.3. The second-order valence-corrected chi connectivity index (χ2v) is 6.99. The average molecular weight is 402 g/mol. The number of nitrogen functional groups attached to an aromatic ring is 2. The molecule has 0 aliphatic heterocycles. The molecule has 26 heavy (non-hydrogen) atoms. The Hall–Kier alpha value is -2.80. The van der Waals surface area contributed by atoms with Gasteiger partial charge in [0.25, 0.3) is 0 Å². The summed E-state index contributed by atoms with van der Waals surface area (Å²) in [6, 6.07) is 8.07. The van der Waals surface area contributed by atoms with Gasteiger partial charge in [0.2, 0.25) is 0 Å². The highest BCUT2D eigenvalue weighted by Crippen LogP contribution is 2.28. The lowest BCUT2D eigenvalue weighted by Gasteiger charge is -2.08. The van der Waals surface area contributed by atoms with Crippen LogP contribution < -0.4 is 19.8 Å². The Bertz CT molecular complexity index is 977. The van der Waals surface area contributed by atoms with Gasteiger partial charge in [-0.15, -0.1) is 0 Å². The Morgan fingerprint density at radius 1 is 0.731 bits per heavy atom. The number of hydrogen-bond acceptors (Lipinski definition) is 8. The van der Waals surface area contributed by atoms with Crippen molar-refractivity contribution in [1.82, 2.24) is 0 Å². The molecular formula is C14H14N2O8S2. The molecule has 0 saturated carbocycles. The Labute approximate surface area is 149 Å². The quantitative estimate of drug-likeness (QED) is 0.313. The minimum Gasteiger partial charge on any atom is -0.399 e. The van der Waals surface area contributed by atoms with Crippen LogP contribution in [0.1, 0.15) is 11.1 Å². The molecule has 0 saturated heterocycles. The normalized spacial score (nSPS) is 12.2. The highest BCUT2D eigenvalue weighted by molar-refractivity contribution is 7.81. The van der Waals surface area contributed by atoms with Crippen LogP contribution in [0, 0.1) is 0 Å². The second kappa shape index (κ2) is 7.21. The Morgan fingerprint density at radius 3 is 1.38 bits per heavy atom. The predicted molar refractivity (Wildman–Crippen MR) is 95.0 cm³/mol. The summed E-state index contributed by atoms with van der Waals surface area (Å²) in [4.78, 5) is 0. The van der Waals surface area contributed by atoms with Crippen LogP contribution in [0.3, 0.4) is 0 Å². The summed E-state index contributed by atoms with van der Waals surface area (Å²) < 4.78 is 70.3. The molecule has 0 atom stereocenters. The summed E-state index contributed by atoms with van der Waals surface area (Å²) in [6.07, 6.45) is 2.70. The van der Waals surface area contributed by atoms with Gasteiger partial charge in [0, 0.05) is 34.6 Å². The molecule has 12 heteroatoms. The van der Waals surface area contributed by atoms with E-state index in [-0.39, 0.29) is 34.0 Å². The first-order valence-corrected chi connectivity index (χ1v) is 9.47. The SMILES string of the molecule is Nc1ccc(C=Cc2ccc(N)cc2OS(=O)(=O)O)c(OS(=O)(=O)O)c1. The monoisotopic (exact) mass is 402 g/mol. The maximum Gasteiger partial charge on any atom is 0.446 e. The van der Waals surface area contributed by atoms with Crippen molar-refractivity contribution in [3.05, 3.63) is 47.5 Å². The van der Waals surface area contributed by atoms with Crippen molar-refractivity contribution in [1.29, 1.82) is 0 Å². The van der Waals surface area contributed by atoms with Crippen LogP contribution in [0.15, 0.2) is 36.4 Å². The number of benzene rings is 2. The first-order chi connectivity index (χ1) is 11.9. The molecule has 0 unspecified atom stereocenters. The van der Waals surface area contributed by atoms with E-state index in [1.165, 1.54) is 48.6 Å². The zero-order valence-corrected chi connectivity index (χ0v) is 14.6. The van der Waals surface area contributed by atoms with Crippen LogP contribution in [-0.2, 0) is 20.8 Å². The second-order valence-electron chi connectivity index (χ2n) is 4.95. The zero-order chi connectivity index (χ0) is 19.5. The molecule has 6 N–H and O–H groups in total. The molecule has 10 nitrogen and oxygen atoms in total. The van der Waals surface area contributed by atoms with Crippen LogP contribution in [-0.4, -0.2) is 25.9 Å². The molecule has 0 aliphatic carbocycles. The largest absolute Gasteiger partial charge is 0.446 e. The van der Waals surface area contributed by atoms with Crippen LogP contribution in [0.4, 0.5) is 11.4 Å². The molecule has 0 radical (unpaired) electrons. The maximum absolute atomic E-state index is 10.9. The predicted octanol–water partition coefficient (Wildman–Crippen LogP) is 1.38. The molecule has 0 spiro atoms. The van der Waals surface area contributed by atoms with Gasteiger partial charge in [0.1, 0.15) is 0 Å². The van der Waals surface area contributed by atoms with Crippen LogP contribution in [0.2, 0.25) is 0 Å². The number of nitrogens with two attached hydrogens (primary N) is 2. The van der Waals surface area contributed by atoms with Crippen molar-refractivity contribution in [3.63, 3.8) is 0 Å². The van der Waals surface area contributed by atoms with Gasteiger partial charge >= 0.3 is 20.8 Å². The van der Waals surface area contributed by atoms with Gasteiger partial charge in [0.05, 0.1) is 0 Å². The fourth-order valence-electron chi connectivity index (χ4n) is 1.93. The van der Waals surface area contributed by atoms with Crippen LogP contribution in [0.25, 0.3) is 12.2 Å². The van der Waals surface area contributed by atoms with Gasteiger partial charge in [-0.1, -0.05) is 12.2 Å². The molecule has 2 aromatic rings. The summed E-state index contributed by atoms with van der Waals surface area (Å²) in [5.74, 6) is -0.507. The molecule has 0 aliphatic rings. The van der Waals surface area contributed by atoms with Crippen molar-refractivity contribution >= 4 is 44.3 Å². The van der Waals surface area contributed by atoms with E-state index in [9.17, 15) is 16.8 Å². The van der Waals surface area contributed by atoms with Crippen molar-refractivity contribution in [3.8, 4) is 11.5 Å². The molecular weight excluding hydrogens is 388 g/mol. The summed E-state index contributed by atoms with van der Waals surface area (Å²) in [6.45, 7) is 0. The van der Waals surface area contributed by atoms with E-state index in [2.05, 4.69) is 8.37 Å². The molecule has 2 aromatic carbocycles. The Kier molecular flexibility index (Phi) is 5.41. The first-order valence-electron chi connectivity index (χ1n) is 6.74. The third-order valence-corrected chi connectivity index (χ3v) is 3.69. The van der Waals surface area contributed by atoms with Gasteiger partial charge in [-0.3, -0.25) is 9.11 Å². The minimum absolute atomic E-state index is 0.184. The van der Waals surface area contributed by atoms with Crippen molar-refractivity contribution in [2.75, 3.05) is 11.5 Å². The van der Waals surface area contributed by atoms with E-state index in [1.807, 2.05) is 0 Å². The van der Waals surface area contributed by atoms with E-state index >= 15 is 0 Å². The molecule has 0 amide bonds. The minimum atomic E-state index is -4.78. The van der Waals surface area contributed by atoms with Gasteiger partial charge in [-0.05, 0) is 24.3 Å². The van der Waals surface area contributed by atoms with E-state index in [0.717, 1.165) is 0 Å². The standard InChI is InChI=1S/C14H14N2O8S2/c15-11-5-3-9(13(7-11)23-25(17,18)19)1-2-10-4-6-12(16)8-14(10)24-26(20,21)22/h1-8H,15-16H2,(H,17,18,19)(H,20,21,22). The van der Waals surface area contributed by atoms with Gasteiger partial charge < -0.3 is 19.8 Å². The van der Waals surface area contributed by atoms with E-state index in [4.69, 9.17) is 20.6 Å². The molecule has 2 rings (SSSR count). The third kappa shape index (κ3) is 5.93. The number of anilines is 2. The lowest BCUT2D eigenvalue weighted by Crippen LogP contribution is -2.08. The molecule has 0 aromatic heterocycles. The molecule has 0 fully saturated rings. The smallest absolute Gasteiger partial charge is 0.399 e. The molecule has 0 bridgehead atoms. The van der Waals surface area contributed by atoms with Gasteiger partial charge in [-0.25, -0.2) is 0 Å².